The van der Waals surface area contributed by atoms with Crippen LogP contribution in [-0.4, -0.2) is 49.3 Å². The molecule has 2 heterocycles. The lowest BCUT2D eigenvalue weighted by Crippen LogP contribution is -2.62. The van der Waals surface area contributed by atoms with Gasteiger partial charge in [-0.1, -0.05) is 13.8 Å². The van der Waals surface area contributed by atoms with Gasteiger partial charge in [0.25, 0.3) is 0 Å². The van der Waals surface area contributed by atoms with E-state index < -0.39 is 0 Å². The lowest BCUT2D eigenvalue weighted by atomic mass is 9.90. The molecular weight excluding hydrogens is 236 g/mol. The third kappa shape index (κ3) is 2.98. The highest BCUT2D eigenvalue weighted by molar-refractivity contribution is 4.97. The van der Waals surface area contributed by atoms with Gasteiger partial charge in [0.05, 0.1) is 6.61 Å². The molecule has 0 aromatic carbocycles. The van der Waals surface area contributed by atoms with Gasteiger partial charge in [-0.25, -0.2) is 0 Å². The highest BCUT2D eigenvalue weighted by Gasteiger charge is 2.41. The molecule has 0 aromatic rings. The second-order valence-electron chi connectivity index (χ2n) is 7.22. The Balaban J connectivity index is 1.68. The Labute approximate surface area is 118 Å². The fourth-order valence-corrected chi connectivity index (χ4v) is 3.92. The van der Waals surface area contributed by atoms with Crippen molar-refractivity contribution in [2.75, 3.05) is 26.3 Å². The maximum Gasteiger partial charge on any atom is 0.0509 e. The largest absolute Gasteiger partial charge is 0.381 e. The van der Waals surface area contributed by atoms with Crippen LogP contribution in [0.5, 0.6) is 0 Å². The number of nitrogens with one attached hydrogen (secondary N) is 1. The van der Waals surface area contributed by atoms with Gasteiger partial charge < -0.3 is 10.1 Å². The third-order valence-corrected chi connectivity index (χ3v) is 5.55. The fraction of sp³-hybridized carbons (Fsp3) is 1.00. The van der Waals surface area contributed by atoms with Gasteiger partial charge >= 0.3 is 0 Å². The molecule has 4 unspecified atom stereocenters. The van der Waals surface area contributed by atoms with Crippen molar-refractivity contribution in [3.63, 3.8) is 0 Å². The van der Waals surface area contributed by atoms with Crippen LogP contribution in [0, 0.1) is 17.8 Å². The minimum atomic E-state index is 0.679. The average Bonchev–Trinajstić information content (AvgIpc) is 3.12. The van der Waals surface area contributed by atoms with Crippen LogP contribution >= 0.6 is 0 Å². The Kier molecular flexibility index (Phi) is 4.16. The van der Waals surface area contributed by atoms with Crippen molar-refractivity contribution in [1.82, 2.24) is 10.2 Å². The third-order valence-electron chi connectivity index (χ3n) is 5.55. The average molecular weight is 266 g/mol. The first-order chi connectivity index (χ1) is 9.16. The molecule has 0 radical (unpaired) electrons. The molecule has 19 heavy (non-hydrogen) atoms. The summed E-state index contributed by atoms with van der Waals surface area (Å²) in [6.45, 7) is 11.6. The summed E-state index contributed by atoms with van der Waals surface area (Å²) >= 11 is 0. The first-order valence-electron chi connectivity index (χ1n) is 8.23. The van der Waals surface area contributed by atoms with Gasteiger partial charge in [-0.05, 0) is 43.9 Å². The van der Waals surface area contributed by atoms with Crippen LogP contribution in [-0.2, 0) is 4.74 Å². The molecule has 3 aliphatic rings. The molecule has 0 aromatic heterocycles. The highest BCUT2D eigenvalue weighted by atomic mass is 16.5. The number of hydrogen-bond acceptors (Lipinski definition) is 3. The predicted octanol–water partition coefficient (Wildman–Crippen LogP) is 2.12. The zero-order valence-corrected chi connectivity index (χ0v) is 12.8. The Morgan fingerprint density at radius 3 is 2.53 bits per heavy atom. The summed E-state index contributed by atoms with van der Waals surface area (Å²) in [7, 11) is 0. The summed E-state index contributed by atoms with van der Waals surface area (Å²) in [4.78, 5) is 2.81. The SMILES string of the molecule is CC(C)C1CNC(C2CC2)CN1C(C)C1CCOC1. The smallest absolute Gasteiger partial charge is 0.0509 e. The Morgan fingerprint density at radius 1 is 1.16 bits per heavy atom. The summed E-state index contributed by atoms with van der Waals surface area (Å²) in [6.07, 6.45) is 4.14. The van der Waals surface area contributed by atoms with Crippen molar-refractivity contribution in [1.29, 1.82) is 0 Å². The Bertz CT molecular complexity index is 297. The van der Waals surface area contributed by atoms with E-state index in [4.69, 9.17) is 4.74 Å². The van der Waals surface area contributed by atoms with Gasteiger partial charge in [-0.3, -0.25) is 4.90 Å². The molecule has 1 aliphatic carbocycles. The summed E-state index contributed by atoms with van der Waals surface area (Å²) in [5.41, 5.74) is 0. The zero-order valence-electron chi connectivity index (χ0n) is 12.8. The highest BCUT2D eigenvalue weighted by Crippen LogP contribution is 2.36. The second kappa shape index (κ2) is 5.71. The van der Waals surface area contributed by atoms with Crippen LogP contribution in [0.25, 0.3) is 0 Å². The number of piperazine rings is 1. The van der Waals surface area contributed by atoms with Gasteiger partial charge in [-0.2, -0.15) is 0 Å². The van der Waals surface area contributed by atoms with Gasteiger partial charge in [0.2, 0.25) is 0 Å². The molecule has 3 heteroatoms. The minimum absolute atomic E-state index is 0.679. The van der Waals surface area contributed by atoms with E-state index in [1.54, 1.807) is 0 Å². The quantitative estimate of drug-likeness (QED) is 0.843. The first-order valence-corrected chi connectivity index (χ1v) is 8.23. The van der Waals surface area contributed by atoms with Gasteiger partial charge in [0.15, 0.2) is 0 Å². The molecule has 4 atom stereocenters. The number of nitrogens with zero attached hydrogens (tertiary/aromatic N) is 1. The maximum absolute atomic E-state index is 5.61. The number of ether oxygens (including phenoxy) is 1. The fourth-order valence-electron chi connectivity index (χ4n) is 3.92. The van der Waals surface area contributed by atoms with Crippen LogP contribution < -0.4 is 5.32 Å². The summed E-state index contributed by atoms with van der Waals surface area (Å²) < 4.78 is 5.61. The monoisotopic (exact) mass is 266 g/mol. The van der Waals surface area contributed by atoms with Gasteiger partial charge in [0, 0.05) is 37.8 Å². The number of rotatable bonds is 4. The van der Waals surface area contributed by atoms with Gasteiger partial charge in [0.1, 0.15) is 0 Å². The first kappa shape index (κ1) is 13.8. The van der Waals surface area contributed by atoms with Crippen molar-refractivity contribution in [3.05, 3.63) is 0 Å². The molecule has 0 spiro atoms. The van der Waals surface area contributed by atoms with Gasteiger partial charge in [-0.15, -0.1) is 0 Å². The molecule has 110 valence electrons. The van der Waals surface area contributed by atoms with E-state index in [1.807, 2.05) is 0 Å². The molecule has 2 saturated heterocycles. The topological polar surface area (TPSA) is 24.5 Å². The van der Waals surface area contributed by atoms with E-state index in [2.05, 4.69) is 31.0 Å². The zero-order chi connectivity index (χ0) is 13.4. The molecule has 1 N–H and O–H groups in total. The van der Waals surface area contributed by atoms with Crippen molar-refractivity contribution in [2.24, 2.45) is 17.8 Å². The Morgan fingerprint density at radius 2 is 1.95 bits per heavy atom. The number of hydrogen-bond donors (Lipinski definition) is 1. The summed E-state index contributed by atoms with van der Waals surface area (Å²) in [6, 6.07) is 2.13. The van der Waals surface area contributed by atoms with Crippen molar-refractivity contribution >= 4 is 0 Å². The summed E-state index contributed by atoms with van der Waals surface area (Å²) in [5, 5.41) is 3.81. The lowest BCUT2D eigenvalue weighted by molar-refractivity contribution is 0.0300. The van der Waals surface area contributed by atoms with Crippen molar-refractivity contribution in [2.45, 2.75) is 58.2 Å². The molecule has 1 saturated carbocycles. The van der Waals surface area contributed by atoms with E-state index >= 15 is 0 Å². The molecule has 3 fully saturated rings. The molecule has 0 bridgehead atoms. The van der Waals surface area contributed by atoms with Crippen LogP contribution in [0.4, 0.5) is 0 Å². The van der Waals surface area contributed by atoms with Crippen LogP contribution in [0.3, 0.4) is 0 Å². The van der Waals surface area contributed by atoms with Crippen LogP contribution in [0.2, 0.25) is 0 Å². The van der Waals surface area contributed by atoms with Crippen molar-refractivity contribution < 1.29 is 4.74 Å². The standard InChI is InChI=1S/C16H30N2O/c1-11(2)16-8-17-15(13-4-5-13)9-18(16)12(3)14-6-7-19-10-14/h11-17H,4-10H2,1-3H3. The molecule has 3 rings (SSSR count). The van der Waals surface area contributed by atoms with E-state index in [1.165, 1.54) is 32.4 Å². The molecule has 2 aliphatic heterocycles. The van der Waals surface area contributed by atoms with Crippen molar-refractivity contribution in [3.8, 4) is 0 Å². The van der Waals surface area contributed by atoms with E-state index in [0.717, 1.165) is 37.0 Å². The van der Waals surface area contributed by atoms with Crippen LogP contribution in [0.15, 0.2) is 0 Å². The summed E-state index contributed by atoms with van der Waals surface area (Å²) in [5.74, 6) is 2.44. The molecular formula is C16H30N2O. The second-order valence-corrected chi connectivity index (χ2v) is 7.22. The van der Waals surface area contributed by atoms with Crippen LogP contribution in [0.1, 0.15) is 40.0 Å². The minimum Gasteiger partial charge on any atom is -0.381 e. The van der Waals surface area contributed by atoms with E-state index in [-0.39, 0.29) is 0 Å². The lowest BCUT2D eigenvalue weighted by Gasteiger charge is -2.47. The normalized spacial score (nSPS) is 38.8. The maximum atomic E-state index is 5.61. The molecule has 0 amide bonds. The predicted molar refractivity (Wildman–Crippen MR) is 78.2 cm³/mol. The Hall–Kier alpha value is -0.120. The molecule has 3 nitrogen and oxygen atoms in total. The van der Waals surface area contributed by atoms with E-state index in [0.29, 0.717) is 12.1 Å². The van der Waals surface area contributed by atoms with E-state index in [9.17, 15) is 0 Å².